The van der Waals surface area contributed by atoms with Crippen LogP contribution in [0, 0.1) is 0 Å². The molecule has 1 atom stereocenters. The fourth-order valence-electron chi connectivity index (χ4n) is 2.14. The fourth-order valence-corrected chi connectivity index (χ4v) is 2.49. The third-order valence-electron chi connectivity index (χ3n) is 3.15. The number of nitrogens with one attached hydrogen (secondary N) is 1. The summed E-state index contributed by atoms with van der Waals surface area (Å²) in [4.78, 5) is 12.2. The van der Waals surface area contributed by atoms with Crippen molar-refractivity contribution in [3.05, 3.63) is 58.1 Å². The quantitative estimate of drug-likeness (QED) is 0.912. The van der Waals surface area contributed by atoms with Gasteiger partial charge in [-0.15, -0.1) is 0 Å². The number of carbonyl (C=O) groups excluding carboxylic acids is 1. The van der Waals surface area contributed by atoms with Gasteiger partial charge in [0.1, 0.15) is 5.75 Å². The van der Waals surface area contributed by atoms with E-state index in [2.05, 4.69) is 5.32 Å². The van der Waals surface area contributed by atoms with Crippen molar-refractivity contribution in [2.24, 2.45) is 0 Å². The maximum atomic E-state index is 12.2. The van der Waals surface area contributed by atoms with Gasteiger partial charge < -0.3 is 10.1 Å². The van der Waals surface area contributed by atoms with E-state index in [1.54, 1.807) is 18.2 Å². The van der Waals surface area contributed by atoms with Gasteiger partial charge in [0.15, 0.2) is 6.10 Å². The average Bonchev–Trinajstić information content (AvgIpc) is 2.88. The summed E-state index contributed by atoms with van der Waals surface area (Å²) in [6.07, 6.45) is 0.0163. The lowest BCUT2D eigenvalue weighted by atomic mass is 10.1. The zero-order valence-electron chi connectivity index (χ0n) is 10.4. The minimum Gasteiger partial charge on any atom is -0.480 e. The predicted octanol–water partition coefficient (Wildman–Crippen LogP) is 3.94. The molecule has 0 radical (unpaired) electrons. The molecule has 1 N–H and O–H groups in total. The Morgan fingerprint density at radius 3 is 2.75 bits per heavy atom. The van der Waals surface area contributed by atoms with E-state index < -0.39 is 6.10 Å². The van der Waals surface area contributed by atoms with Gasteiger partial charge in [-0.2, -0.15) is 0 Å². The average molecular weight is 308 g/mol. The lowest BCUT2D eigenvalue weighted by molar-refractivity contribution is -0.122. The van der Waals surface area contributed by atoms with Crippen LogP contribution >= 0.6 is 23.2 Å². The summed E-state index contributed by atoms with van der Waals surface area (Å²) in [5.74, 6) is 0.523. The summed E-state index contributed by atoms with van der Waals surface area (Å²) in [5.41, 5.74) is 1.52. The first-order valence-corrected chi connectivity index (χ1v) is 6.90. The van der Waals surface area contributed by atoms with Gasteiger partial charge >= 0.3 is 0 Å². The summed E-state index contributed by atoms with van der Waals surface area (Å²) in [5, 5.41) is 3.48. The zero-order chi connectivity index (χ0) is 14.1. The standard InChI is InChI=1S/C15H11Cl2NO2/c16-10-5-3-6-11(14(10)17)18-15(19)13-8-9-4-1-2-7-12(9)20-13/h1-7,13H,8H2,(H,18,19). The van der Waals surface area contributed by atoms with Crippen molar-refractivity contribution in [1.82, 2.24) is 0 Å². The minimum atomic E-state index is -0.539. The molecule has 1 aliphatic rings. The van der Waals surface area contributed by atoms with Crippen molar-refractivity contribution in [1.29, 1.82) is 0 Å². The van der Waals surface area contributed by atoms with E-state index >= 15 is 0 Å². The number of rotatable bonds is 2. The summed E-state index contributed by atoms with van der Waals surface area (Å²) >= 11 is 12.0. The second-order valence-electron chi connectivity index (χ2n) is 4.51. The molecular weight excluding hydrogens is 297 g/mol. The molecule has 0 bridgehead atoms. The van der Waals surface area contributed by atoms with Gasteiger partial charge in [-0.3, -0.25) is 4.79 Å². The molecule has 20 heavy (non-hydrogen) atoms. The van der Waals surface area contributed by atoms with Crippen molar-refractivity contribution in [2.75, 3.05) is 5.32 Å². The first-order chi connectivity index (χ1) is 9.65. The highest BCUT2D eigenvalue weighted by Gasteiger charge is 2.29. The Hall–Kier alpha value is -1.71. The molecule has 0 aliphatic carbocycles. The normalized spacial score (nSPS) is 16.4. The molecule has 1 unspecified atom stereocenters. The second-order valence-corrected chi connectivity index (χ2v) is 5.29. The van der Waals surface area contributed by atoms with E-state index in [0.29, 0.717) is 22.2 Å². The molecule has 1 aliphatic heterocycles. The Bertz CT molecular complexity index is 648. The van der Waals surface area contributed by atoms with Crippen LogP contribution in [0.4, 0.5) is 5.69 Å². The third-order valence-corrected chi connectivity index (χ3v) is 3.97. The molecule has 5 heteroatoms. The molecule has 3 rings (SSSR count). The number of benzene rings is 2. The highest BCUT2D eigenvalue weighted by molar-refractivity contribution is 6.44. The van der Waals surface area contributed by atoms with E-state index in [9.17, 15) is 4.79 Å². The van der Waals surface area contributed by atoms with Crippen LogP contribution in [-0.2, 0) is 11.2 Å². The minimum absolute atomic E-state index is 0.231. The van der Waals surface area contributed by atoms with Crippen LogP contribution in [0.1, 0.15) is 5.56 Å². The van der Waals surface area contributed by atoms with Gasteiger partial charge in [0.25, 0.3) is 5.91 Å². The zero-order valence-corrected chi connectivity index (χ0v) is 11.9. The van der Waals surface area contributed by atoms with Crippen LogP contribution in [0.2, 0.25) is 10.0 Å². The molecule has 2 aromatic carbocycles. The summed E-state index contributed by atoms with van der Waals surface area (Å²) in [7, 11) is 0. The first kappa shape index (κ1) is 13.3. The number of halogens is 2. The summed E-state index contributed by atoms with van der Waals surface area (Å²) < 4.78 is 5.62. The van der Waals surface area contributed by atoms with Gasteiger partial charge in [0, 0.05) is 6.42 Å². The number of amides is 1. The van der Waals surface area contributed by atoms with Gasteiger partial charge in [-0.25, -0.2) is 0 Å². The molecule has 0 saturated heterocycles. The van der Waals surface area contributed by atoms with Gasteiger partial charge in [0.05, 0.1) is 15.7 Å². The smallest absolute Gasteiger partial charge is 0.265 e. The molecule has 1 amide bonds. The highest BCUT2D eigenvalue weighted by atomic mass is 35.5. The topological polar surface area (TPSA) is 38.3 Å². The number of ether oxygens (including phenoxy) is 1. The number of anilines is 1. The molecule has 0 fully saturated rings. The molecule has 0 aromatic heterocycles. The third kappa shape index (κ3) is 2.47. The first-order valence-electron chi connectivity index (χ1n) is 6.14. The summed E-state index contributed by atoms with van der Waals surface area (Å²) in [6.45, 7) is 0. The number of carbonyl (C=O) groups is 1. The largest absolute Gasteiger partial charge is 0.480 e. The van der Waals surface area contributed by atoms with Crippen molar-refractivity contribution in [3.8, 4) is 5.75 Å². The van der Waals surface area contributed by atoms with Crippen LogP contribution in [-0.4, -0.2) is 12.0 Å². The van der Waals surface area contributed by atoms with Crippen molar-refractivity contribution in [2.45, 2.75) is 12.5 Å². The van der Waals surface area contributed by atoms with E-state index in [1.165, 1.54) is 0 Å². The Labute approximate surface area is 126 Å². The molecule has 102 valence electrons. The number of fused-ring (bicyclic) bond motifs is 1. The molecule has 0 saturated carbocycles. The SMILES string of the molecule is O=C(Nc1cccc(Cl)c1Cl)C1Cc2ccccc2O1. The molecule has 3 nitrogen and oxygen atoms in total. The molecule has 2 aromatic rings. The van der Waals surface area contributed by atoms with Crippen LogP contribution in [0.5, 0.6) is 5.75 Å². The summed E-state index contributed by atoms with van der Waals surface area (Å²) in [6, 6.07) is 12.7. The second kappa shape index (κ2) is 5.35. The van der Waals surface area contributed by atoms with Gasteiger partial charge in [0.2, 0.25) is 0 Å². The fraction of sp³-hybridized carbons (Fsp3) is 0.133. The number of para-hydroxylation sites is 1. The van der Waals surface area contributed by atoms with E-state index in [0.717, 1.165) is 11.3 Å². The van der Waals surface area contributed by atoms with Gasteiger partial charge in [-0.05, 0) is 23.8 Å². The lowest BCUT2D eigenvalue weighted by Crippen LogP contribution is -2.31. The Morgan fingerprint density at radius 1 is 1.15 bits per heavy atom. The van der Waals surface area contributed by atoms with Gasteiger partial charge in [-0.1, -0.05) is 47.5 Å². The Morgan fingerprint density at radius 2 is 1.95 bits per heavy atom. The van der Waals surface area contributed by atoms with E-state index in [-0.39, 0.29) is 5.91 Å². The van der Waals surface area contributed by atoms with Crippen LogP contribution < -0.4 is 10.1 Å². The van der Waals surface area contributed by atoms with E-state index in [4.69, 9.17) is 27.9 Å². The monoisotopic (exact) mass is 307 g/mol. The van der Waals surface area contributed by atoms with Crippen molar-refractivity contribution < 1.29 is 9.53 Å². The highest BCUT2D eigenvalue weighted by Crippen LogP contribution is 2.31. The number of hydrogen-bond acceptors (Lipinski definition) is 2. The molecular formula is C15H11Cl2NO2. The van der Waals surface area contributed by atoms with Crippen LogP contribution in [0.15, 0.2) is 42.5 Å². The van der Waals surface area contributed by atoms with Crippen LogP contribution in [0.25, 0.3) is 0 Å². The van der Waals surface area contributed by atoms with Crippen LogP contribution in [0.3, 0.4) is 0 Å². The Balaban J connectivity index is 1.74. The predicted molar refractivity (Wildman–Crippen MR) is 79.7 cm³/mol. The number of hydrogen-bond donors (Lipinski definition) is 1. The van der Waals surface area contributed by atoms with Crippen molar-refractivity contribution in [3.63, 3.8) is 0 Å². The maximum absolute atomic E-state index is 12.2. The van der Waals surface area contributed by atoms with Crippen molar-refractivity contribution >= 4 is 34.8 Å². The molecule has 1 heterocycles. The lowest BCUT2D eigenvalue weighted by Gasteiger charge is -2.12. The maximum Gasteiger partial charge on any atom is 0.265 e. The van der Waals surface area contributed by atoms with E-state index in [1.807, 2.05) is 24.3 Å². The Kier molecular flexibility index (Phi) is 3.55. The molecule has 0 spiro atoms.